The first-order chi connectivity index (χ1) is 13.6. The Morgan fingerprint density at radius 2 is 1.75 bits per heavy atom. The largest absolute Gasteiger partial charge is 0.489 e. The van der Waals surface area contributed by atoms with Crippen LogP contribution < -0.4 is 14.9 Å². The van der Waals surface area contributed by atoms with Gasteiger partial charge in [0.25, 0.3) is 0 Å². The van der Waals surface area contributed by atoms with Gasteiger partial charge in [0, 0.05) is 11.6 Å². The van der Waals surface area contributed by atoms with Gasteiger partial charge in [0.05, 0.1) is 10.4 Å². The van der Waals surface area contributed by atoms with Gasteiger partial charge in [0.1, 0.15) is 35.8 Å². The van der Waals surface area contributed by atoms with Crippen LogP contribution in [0, 0.1) is 5.82 Å². The predicted molar refractivity (Wildman–Crippen MR) is 105 cm³/mol. The molecule has 0 spiro atoms. The van der Waals surface area contributed by atoms with Gasteiger partial charge in [0.15, 0.2) is 0 Å². The molecule has 0 unspecified atom stereocenters. The third-order valence-electron chi connectivity index (χ3n) is 4.12. The molecule has 0 N–H and O–H groups in total. The van der Waals surface area contributed by atoms with Crippen LogP contribution in [0.2, 0.25) is 5.02 Å². The number of ether oxygens (including phenoxy) is 2. The summed E-state index contributed by atoms with van der Waals surface area (Å²) in [6.07, 6.45) is 1.23. The highest BCUT2D eigenvalue weighted by Crippen LogP contribution is 2.29. The Morgan fingerprint density at radius 1 is 0.964 bits per heavy atom. The van der Waals surface area contributed by atoms with Crippen molar-refractivity contribution in [2.75, 3.05) is 0 Å². The summed E-state index contributed by atoms with van der Waals surface area (Å²) >= 11 is 6.06. The maximum absolute atomic E-state index is 13.7. The second kappa shape index (κ2) is 7.74. The molecule has 4 rings (SSSR count). The zero-order valence-electron chi connectivity index (χ0n) is 14.5. The number of benzene rings is 3. The number of halogens is 2. The highest BCUT2D eigenvalue weighted by atomic mass is 35.5. The molecule has 0 saturated heterocycles. The fourth-order valence-corrected chi connectivity index (χ4v) is 2.85. The molecule has 0 fully saturated rings. The first-order valence-corrected chi connectivity index (χ1v) is 8.84. The lowest BCUT2D eigenvalue weighted by molar-refractivity contribution is 0.300. The Balaban J connectivity index is 1.58. The lowest BCUT2D eigenvalue weighted by Crippen LogP contribution is -2.05. The second-order valence-corrected chi connectivity index (χ2v) is 6.41. The molecule has 0 radical (unpaired) electrons. The zero-order chi connectivity index (χ0) is 19.5. The van der Waals surface area contributed by atoms with Gasteiger partial charge >= 0.3 is 0 Å². The van der Waals surface area contributed by atoms with Crippen molar-refractivity contribution in [2.24, 2.45) is 0 Å². The lowest BCUT2D eigenvalue weighted by Gasteiger charge is -2.09. The molecule has 140 valence electrons. The number of hydrogen-bond acceptors (Lipinski definition) is 4. The van der Waals surface area contributed by atoms with Crippen molar-refractivity contribution in [3.63, 3.8) is 0 Å². The van der Waals surface area contributed by atoms with E-state index in [1.165, 1.54) is 12.3 Å². The molecule has 0 aliphatic carbocycles. The minimum Gasteiger partial charge on any atom is -0.489 e. The highest BCUT2D eigenvalue weighted by Gasteiger charge is 2.12. The molecule has 0 amide bonds. The van der Waals surface area contributed by atoms with Gasteiger partial charge in [-0.1, -0.05) is 41.9 Å². The van der Waals surface area contributed by atoms with Crippen LogP contribution in [0.15, 0.2) is 82.2 Å². The van der Waals surface area contributed by atoms with Crippen LogP contribution in [0.25, 0.3) is 11.0 Å². The van der Waals surface area contributed by atoms with E-state index in [1.807, 2.05) is 0 Å². The van der Waals surface area contributed by atoms with Gasteiger partial charge in [0.2, 0.25) is 11.2 Å². The molecule has 1 aromatic heterocycles. The Bertz CT molecular complexity index is 1200. The van der Waals surface area contributed by atoms with E-state index in [0.717, 1.165) is 0 Å². The SMILES string of the molecule is O=c1c(Oc2ccccc2Cl)coc2cc(OCc3ccccc3F)ccc12. The maximum Gasteiger partial charge on any atom is 0.235 e. The van der Waals surface area contributed by atoms with Crippen molar-refractivity contribution in [3.8, 4) is 17.2 Å². The van der Waals surface area contributed by atoms with E-state index < -0.39 is 0 Å². The molecule has 0 aliphatic heterocycles. The van der Waals surface area contributed by atoms with Crippen LogP contribution in [0.4, 0.5) is 4.39 Å². The Hall–Kier alpha value is -3.31. The van der Waals surface area contributed by atoms with Crippen LogP contribution in [0.3, 0.4) is 0 Å². The van der Waals surface area contributed by atoms with E-state index in [4.69, 9.17) is 25.5 Å². The van der Waals surface area contributed by atoms with Gasteiger partial charge in [-0.25, -0.2) is 4.39 Å². The van der Waals surface area contributed by atoms with Gasteiger partial charge < -0.3 is 13.9 Å². The van der Waals surface area contributed by atoms with Crippen molar-refractivity contribution < 1.29 is 18.3 Å². The third kappa shape index (κ3) is 3.70. The summed E-state index contributed by atoms with van der Waals surface area (Å²) in [4.78, 5) is 12.7. The standard InChI is InChI=1S/C22H14ClFO4/c23-17-6-2-4-8-19(17)28-21-13-27-20-11-15(9-10-16(20)22(21)25)26-12-14-5-1-3-7-18(14)24/h1-11,13H,12H2. The zero-order valence-corrected chi connectivity index (χ0v) is 15.3. The summed E-state index contributed by atoms with van der Waals surface area (Å²) in [6, 6.07) is 18.0. The van der Waals surface area contributed by atoms with E-state index in [2.05, 4.69) is 0 Å². The summed E-state index contributed by atoms with van der Waals surface area (Å²) in [6.45, 7) is 0.0656. The minimum atomic E-state index is -0.337. The van der Waals surface area contributed by atoms with E-state index in [1.54, 1.807) is 60.7 Å². The third-order valence-corrected chi connectivity index (χ3v) is 4.44. The van der Waals surface area contributed by atoms with Crippen LogP contribution in [0.1, 0.15) is 5.56 Å². The number of rotatable bonds is 5. The highest BCUT2D eigenvalue weighted by molar-refractivity contribution is 6.32. The molecule has 0 aliphatic rings. The molecular formula is C22H14ClFO4. The van der Waals surface area contributed by atoms with Crippen molar-refractivity contribution in [1.29, 1.82) is 0 Å². The van der Waals surface area contributed by atoms with Crippen molar-refractivity contribution in [1.82, 2.24) is 0 Å². The quantitative estimate of drug-likeness (QED) is 0.418. The lowest BCUT2D eigenvalue weighted by atomic mass is 10.2. The molecular weight excluding hydrogens is 383 g/mol. The van der Waals surface area contributed by atoms with Crippen LogP contribution in [-0.2, 0) is 6.61 Å². The Labute approximate surface area is 164 Å². The van der Waals surface area contributed by atoms with E-state index in [0.29, 0.717) is 33.1 Å². The van der Waals surface area contributed by atoms with Gasteiger partial charge in [-0.05, 0) is 30.3 Å². The number of para-hydroxylation sites is 1. The summed E-state index contributed by atoms with van der Waals surface area (Å²) in [7, 11) is 0. The average Bonchev–Trinajstić information content (AvgIpc) is 2.71. The monoisotopic (exact) mass is 396 g/mol. The molecule has 28 heavy (non-hydrogen) atoms. The van der Waals surface area contributed by atoms with Gasteiger partial charge in [-0.2, -0.15) is 0 Å². The van der Waals surface area contributed by atoms with Crippen molar-refractivity contribution in [2.45, 2.75) is 6.61 Å². The fourth-order valence-electron chi connectivity index (χ4n) is 2.67. The first kappa shape index (κ1) is 18.1. The summed E-state index contributed by atoms with van der Waals surface area (Å²) in [5.41, 5.74) is 0.442. The number of hydrogen-bond donors (Lipinski definition) is 0. The fraction of sp³-hybridized carbons (Fsp3) is 0.0455. The average molecular weight is 397 g/mol. The maximum atomic E-state index is 13.7. The molecule has 6 heteroatoms. The molecule has 1 heterocycles. The Kier molecular flexibility index (Phi) is 5.00. The van der Waals surface area contributed by atoms with E-state index >= 15 is 0 Å². The van der Waals surface area contributed by atoms with Crippen LogP contribution >= 0.6 is 11.6 Å². The molecule has 4 aromatic rings. The predicted octanol–water partition coefficient (Wildman–Crippen LogP) is 5.96. The van der Waals surface area contributed by atoms with Crippen LogP contribution in [-0.4, -0.2) is 0 Å². The molecule has 0 saturated carbocycles. The first-order valence-electron chi connectivity index (χ1n) is 8.46. The van der Waals surface area contributed by atoms with Crippen molar-refractivity contribution in [3.05, 3.63) is 99.6 Å². The topological polar surface area (TPSA) is 48.7 Å². The Morgan fingerprint density at radius 3 is 2.57 bits per heavy atom. The smallest absolute Gasteiger partial charge is 0.235 e. The van der Waals surface area contributed by atoms with E-state index in [9.17, 15) is 9.18 Å². The van der Waals surface area contributed by atoms with Gasteiger partial charge in [-0.3, -0.25) is 4.79 Å². The summed E-state index contributed by atoms with van der Waals surface area (Å²) < 4.78 is 30.4. The minimum absolute atomic E-state index is 0.0284. The summed E-state index contributed by atoms with van der Waals surface area (Å²) in [5.74, 6) is 0.510. The van der Waals surface area contributed by atoms with Gasteiger partial charge in [-0.15, -0.1) is 0 Å². The second-order valence-electron chi connectivity index (χ2n) is 6.00. The summed E-state index contributed by atoms with van der Waals surface area (Å²) in [5, 5.41) is 0.724. The molecule has 0 atom stereocenters. The number of fused-ring (bicyclic) bond motifs is 1. The molecule has 3 aromatic carbocycles. The normalized spacial score (nSPS) is 10.8. The molecule has 4 nitrogen and oxygen atoms in total. The molecule has 0 bridgehead atoms. The van der Waals surface area contributed by atoms with Crippen molar-refractivity contribution >= 4 is 22.6 Å². The van der Waals surface area contributed by atoms with E-state index in [-0.39, 0.29) is 23.6 Å². The van der Waals surface area contributed by atoms with Crippen LogP contribution in [0.5, 0.6) is 17.2 Å².